The lowest BCUT2D eigenvalue weighted by atomic mass is 10.4. The van der Waals surface area contributed by atoms with Crippen molar-refractivity contribution in [1.82, 2.24) is 4.98 Å². The first-order valence-corrected chi connectivity index (χ1v) is 3.52. The maximum Gasteiger partial charge on any atom is 0.294 e. The van der Waals surface area contributed by atoms with Crippen LogP contribution in [-0.2, 0) is 0 Å². The summed E-state index contributed by atoms with van der Waals surface area (Å²) in [5.74, 6) is 1.13. The van der Waals surface area contributed by atoms with Gasteiger partial charge in [-0.05, 0) is 19.4 Å². The van der Waals surface area contributed by atoms with Crippen LogP contribution in [0.15, 0.2) is 21.6 Å². The largest absolute Gasteiger partial charge is 0.427 e. The lowest BCUT2D eigenvalue weighted by molar-refractivity contribution is 0.548. The number of nitrogens with two attached hydrogens (primary N) is 1. The van der Waals surface area contributed by atoms with E-state index in [0.717, 1.165) is 5.57 Å². The van der Waals surface area contributed by atoms with Crippen molar-refractivity contribution in [3.63, 3.8) is 0 Å². The van der Waals surface area contributed by atoms with Crippen LogP contribution < -0.4 is 5.73 Å². The van der Waals surface area contributed by atoms with Gasteiger partial charge in [-0.3, -0.25) is 0 Å². The average Bonchev–Trinajstić information content (AvgIpc) is 2.26. The first kappa shape index (κ1) is 8.52. The fourth-order valence-electron chi connectivity index (χ4n) is 0.700. The SMILES string of the molecule is C=C(C)C=Nc1nc(N)oc1C. The first-order chi connectivity index (χ1) is 5.59. The topological polar surface area (TPSA) is 64.4 Å². The molecule has 1 heterocycles. The molecule has 0 bridgehead atoms. The van der Waals surface area contributed by atoms with E-state index < -0.39 is 0 Å². The quantitative estimate of drug-likeness (QED) is 0.680. The molecule has 0 spiro atoms. The second kappa shape index (κ2) is 3.21. The van der Waals surface area contributed by atoms with Crippen LogP contribution in [0.25, 0.3) is 0 Å². The Kier molecular flexibility index (Phi) is 2.28. The molecule has 12 heavy (non-hydrogen) atoms. The van der Waals surface area contributed by atoms with E-state index in [0.29, 0.717) is 11.6 Å². The highest BCUT2D eigenvalue weighted by atomic mass is 16.4. The van der Waals surface area contributed by atoms with Gasteiger partial charge >= 0.3 is 0 Å². The number of allylic oxidation sites excluding steroid dienone is 1. The standard InChI is InChI=1S/C8H11N3O/c1-5(2)4-10-7-6(3)12-8(9)11-7/h4H,1H2,2-3H3,(H2,9,11). The molecule has 0 aliphatic carbocycles. The van der Waals surface area contributed by atoms with E-state index in [-0.39, 0.29) is 6.01 Å². The highest BCUT2D eigenvalue weighted by Gasteiger charge is 2.03. The molecule has 0 radical (unpaired) electrons. The minimum atomic E-state index is 0.140. The van der Waals surface area contributed by atoms with E-state index in [1.54, 1.807) is 13.1 Å². The van der Waals surface area contributed by atoms with Crippen LogP contribution in [0.3, 0.4) is 0 Å². The summed E-state index contributed by atoms with van der Waals surface area (Å²) in [6, 6.07) is 0.140. The zero-order chi connectivity index (χ0) is 9.14. The van der Waals surface area contributed by atoms with Crippen molar-refractivity contribution in [3.8, 4) is 0 Å². The second-order valence-electron chi connectivity index (χ2n) is 2.54. The van der Waals surface area contributed by atoms with E-state index >= 15 is 0 Å². The van der Waals surface area contributed by atoms with Crippen LogP contribution in [0.5, 0.6) is 0 Å². The number of rotatable bonds is 2. The summed E-state index contributed by atoms with van der Waals surface area (Å²) in [7, 11) is 0. The smallest absolute Gasteiger partial charge is 0.294 e. The molecule has 1 rings (SSSR count). The molecule has 0 aromatic carbocycles. The minimum absolute atomic E-state index is 0.140. The number of oxazole rings is 1. The van der Waals surface area contributed by atoms with Gasteiger partial charge in [0.25, 0.3) is 6.01 Å². The molecule has 0 fully saturated rings. The molecule has 1 aromatic rings. The average molecular weight is 165 g/mol. The summed E-state index contributed by atoms with van der Waals surface area (Å²) in [4.78, 5) is 7.87. The van der Waals surface area contributed by atoms with Gasteiger partial charge in [0, 0.05) is 6.21 Å². The van der Waals surface area contributed by atoms with Crippen LogP contribution in [0.1, 0.15) is 12.7 Å². The van der Waals surface area contributed by atoms with Gasteiger partial charge in [-0.15, -0.1) is 0 Å². The Bertz CT molecular complexity index is 325. The molecular weight excluding hydrogens is 154 g/mol. The molecule has 0 amide bonds. The van der Waals surface area contributed by atoms with E-state index in [9.17, 15) is 0 Å². The third kappa shape index (κ3) is 1.95. The number of aliphatic imine (C=N–C) groups is 1. The summed E-state index contributed by atoms with van der Waals surface area (Å²) in [6.45, 7) is 7.28. The maximum atomic E-state index is 5.31. The Hall–Kier alpha value is -1.58. The zero-order valence-corrected chi connectivity index (χ0v) is 7.16. The fourth-order valence-corrected chi connectivity index (χ4v) is 0.700. The Balaban J connectivity index is 2.89. The van der Waals surface area contributed by atoms with Crippen molar-refractivity contribution in [2.45, 2.75) is 13.8 Å². The number of nitrogen functional groups attached to an aromatic ring is 1. The molecule has 4 heteroatoms. The van der Waals surface area contributed by atoms with E-state index in [1.165, 1.54) is 0 Å². The molecule has 0 aliphatic heterocycles. The van der Waals surface area contributed by atoms with Crippen LogP contribution in [0.2, 0.25) is 0 Å². The Morgan fingerprint density at radius 3 is 2.83 bits per heavy atom. The number of hydrogen-bond donors (Lipinski definition) is 1. The predicted octanol–water partition coefficient (Wildman–Crippen LogP) is 1.84. The van der Waals surface area contributed by atoms with Gasteiger partial charge in [0.15, 0.2) is 5.82 Å². The molecule has 64 valence electrons. The lowest BCUT2D eigenvalue weighted by Gasteiger charge is -1.85. The summed E-state index contributed by atoms with van der Waals surface area (Å²) in [6.07, 6.45) is 1.62. The molecule has 0 atom stereocenters. The van der Waals surface area contributed by atoms with Crippen LogP contribution >= 0.6 is 0 Å². The van der Waals surface area contributed by atoms with Crippen LogP contribution in [-0.4, -0.2) is 11.2 Å². The molecule has 4 nitrogen and oxygen atoms in total. The van der Waals surface area contributed by atoms with Crippen molar-refractivity contribution < 1.29 is 4.42 Å². The summed E-state index contributed by atoms with van der Waals surface area (Å²) < 4.78 is 4.97. The van der Waals surface area contributed by atoms with Gasteiger partial charge in [0.2, 0.25) is 0 Å². The fraction of sp³-hybridized carbons (Fsp3) is 0.250. The van der Waals surface area contributed by atoms with Gasteiger partial charge in [-0.2, -0.15) is 4.98 Å². The molecule has 2 N–H and O–H groups in total. The zero-order valence-electron chi connectivity index (χ0n) is 7.16. The minimum Gasteiger partial charge on any atom is -0.427 e. The van der Waals surface area contributed by atoms with Crippen LogP contribution in [0, 0.1) is 6.92 Å². The third-order valence-electron chi connectivity index (χ3n) is 1.20. The van der Waals surface area contributed by atoms with E-state index in [2.05, 4.69) is 16.6 Å². The van der Waals surface area contributed by atoms with E-state index in [4.69, 9.17) is 10.2 Å². The number of aromatic nitrogens is 1. The normalized spacial score (nSPS) is 10.8. The third-order valence-corrected chi connectivity index (χ3v) is 1.20. The Labute approximate surface area is 70.8 Å². The van der Waals surface area contributed by atoms with Crippen molar-refractivity contribution in [2.75, 3.05) is 5.73 Å². The lowest BCUT2D eigenvalue weighted by Crippen LogP contribution is -1.81. The van der Waals surface area contributed by atoms with Crippen LogP contribution in [0.4, 0.5) is 11.8 Å². The molecule has 0 aliphatic rings. The predicted molar refractivity (Wildman–Crippen MR) is 48.6 cm³/mol. The molecular formula is C8H11N3O. The second-order valence-corrected chi connectivity index (χ2v) is 2.54. The highest BCUT2D eigenvalue weighted by molar-refractivity contribution is 5.79. The molecule has 0 saturated carbocycles. The van der Waals surface area contributed by atoms with Gasteiger partial charge in [-0.25, -0.2) is 4.99 Å². The first-order valence-electron chi connectivity index (χ1n) is 3.52. The van der Waals surface area contributed by atoms with Crippen molar-refractivity contribution in [3.05, 3.63) is 17.9 Å². The monoisotopic (exact) mass is 165 g/mol. The van der Waals surface area contributed by atoms with Gasteiger partial charge < -0.3 is 10.2 Å². The molecule has 0 unspecified atom stereocenters. The number of anilines is 1. The van der Waals surface area contributed by atoms with Gasteiger partial charge in [0.05, 0.1) is 0 Å². The maximum absolute atomic E-state index is 5.31. The van der Waals surface area contributed by atoms with E-state index in [1.807, 2.05) is 6.92 Å². The number of aryl methyl sites for hydroxylation is 1. The summed E-state index contributed by atoms with van der Waals surface area (Å²) >= 11 is 0. The van der Waals surface area contributed by atoms with Crippen molar-refractivity contribution in [2.24, 2.45) is 4.99 Å². The Morgan fingerprint density at radius 2 is 2.42 bits per heavy atom. The van der Waals surface area contributed by atoms with Gasteiger partial charge in [0.1, 0.15) is 5.76 Å². The van der Waals surface area contributed by atoms with Crippen molar-refractivity contribution in [1.29, 1.82) is 0 Å². The summed E-state index contributed by atoms with van der Waals surface area (Å²) in [5.41, 5.74) is 6.17. The molecule has 1 aromatic heterocycles. The van der Waals surface area contributed by atoms with Gasteiger partial charge in [-0.1, -0.05) is 6.58 Å². The number of hydrogen-bond acceptors (Lipinski definition) is 4. The summed E-state index contributed by atoms with van der Waals surface area (Å²) in [5, 5.41) is 0. The number of nitrogens with zero attached hydrogens (tertiary/aromatic N) is 2. The Morgan fingerprint density at radius 1 is 1.75 bits per heavy atom. The molecule has 0 saturated heterocycles. The highest BCUT2D eigenvalue weighted by Crippen LogP contribution is 2.18. The van der Waals surface area contributed by atoms with Crippen molar-refractivity contribution >= 4 is 18.0 Å².